The minimum Gasteiger partial charge on any atom is -0.493 e. The zero-order valence-electron chi connectivity index (χ0n) is 14.8. The molecule has 2 unspecified atom stereocenters. The van der Waals surface area contributed by atoms with Crippen molar-refractivity contribution in [3.8, 4) is 17.2 Å². The van der Waals surface area contributed by atoms with Crippen LogP contribution in [0.2, 0.25) is 0 Å². The Morgan fingerprint density at radius 1 is 1.12 bits per heavy atom. The lowest BCUT2D eigenvalue weighted by Gasteiger charge is -2.15. The van der Waals surface area contributed by atoms with E-state index in [0.29, 0.717) is 23.3 Å². The first-order chi connectivity index (χ1) is 12.3. The van der Waals surface area contributed by atoms with Crippen LogP contribution in [0.4, 0.5) is 13.2 Å². The smallest absolute Gasteiger partial charge is 0.417 e. The summed E-state index contributed by atoms with van der Waals surface area (Å²) in [5.41, 5.74) is 0.368. The van der Waals surface area contributed by atoms with E-state index in [0.717, 1.165) is 18.1 Å². The first-order valence-corrected chi connectivity index (χ1v) is 8.32. The molecule has 1 saturated carbocycles. The topological polar surface area (TPSA) is 30.8 Å². The molecule has 1 fully saturated rings. The molecule has 1 aliphatic carbocycles. The van der Waals surface area contributed by atoms with Gasteiger partial charge in [0, 0.05) is 18.8 Å². The van der Waals surface area contributed by atoms with Gasteiger partial charge in [0.05, 0.1) is 12.7 Å². The Balaban J connectivity index is 1.91. The molecule has 0 spiro atoms. The normalized spacial score (nSPS) is 19.6. The number of halogens is 3. The molecule has 0 N–H and O–H groups in total. The molecule has 0 aromatic heterocycles. The van der Waals surface area contributed by atoms with E-state index in [1.165, 1.54) is 32.5 Å². The Hall–Kier alpha value is -2.50. The number of hydrogen-bond donors (Lipinski definition) is 0. The predicted molar refractivity (Wildman–Crippen MR) is 94.6 cm³/mol. The molecule has 0 aliphatic heterocycles. The van der Waals surface area contributed by atoms with Gasteiger partial charge in [-0.1, -0.05) is 13.0 Å². The van der Waals surface area contributed by atoms with E-state index in [-0.39, 0.29) is 11.3 Å². The van der Waals surface area contributed by atoms with Crippen molar-refractivity contribution in [2.75, 3.05) is 14.2 Å². The number of alkyl halides is 3. The van der Waals surface area contributed by atoms with Crippen molar-refractivity contribution in [2.24, 2.45) is 10.9 Å². The molecule has 3 nitrogen and oxygen atoms in total. The van der Waals surface area contributed by atoms with Crippen LogP contribution in [0.15, 0.2) is 41.4 Å². The van der Waals surface area contributed by atoms with Crippen molar-refractivity contribution >= 4 is 6.21 Å². The number of aliphatic imine (C=N–C) groups is 1. The first-order valence-electron chi connectivity index (χ1n) is 8.32. The van der Waals surface area contributed by atoms with E-state index in [1.54, 1.807) is 6.07 Å². The van der Waals surface area contributed by atoms with Gasteiger partial charge in [0.25, 0.3) is 0 Å². The number of hydrogen-bond acceptors (Lipinski definition) is 3. The zero-order chi connectivity index (χ0) is 18.9. The minimum atomic E-state index is -4.49. The van der Waals surface area contributed by atoms with Crippen LogP contribution in [0.5, 0.6) is 17.2 Å². The van der Waals surface area contributed by atoms with Gasteiger partial charge in [-0.15, -0.1) is 0 Å². The Kier molecular flexibility index (Phi) is 4.94. The molecule has 1 aliphatic rings. The molecule has 0 amide bonds. The fourth-order valence-corrected chi connectivity index (χ4v) is 3.01. The van der Waals surface area contributed by atoms with Gasteiger partial charge >= 0.3 is 6.18 Å². The molecule has 0 saturated heterocycles. The van der Waals surface area contributed by atoms with Gasteiger partial charge in [-0.25, -0.2) is 0 Å². The molecule has 6 heteroatoms. The quantitative estimate of drug-likeness (QED) is 0.640. The highest BCUT2D eigenvalue weighted by molar-refractivity contribution is 5.82. The Labute approximate surface area is 150 Å². The number of ether oxygens (including phenoxy) is 2. The lowest BCUT2D eigenvalue weighted by atomic mass is 10.1. The van der Waals surface area contributed by atoms with Crippen LogP contribution >= 0.6 is 0 Å². The van der Waals surface area contributed by atoms with Crippen LogP contribution in [0.1, 0.15) is 36.0 Å². The van der Waals surface area contributed by atoms with Crippen LogP contribution in [0.3, 0.4) is 0 Å². The van der Waals surface area contributed by atoms with Crippen molar-refractivity contribution in [2.45, 2.75) is 25.4 Å². The molecule has 3 rings (SSSR count). The summed E-state index contributed by atoms with van der Waals surface area (Å²) < 4.78 is 50.9. The molecule has 26 heavy (non-hydrogen) atoms. The Morgan fingerprint density at radius 2 is 1.85 bits per heavy atom. The number of benzene rings is 2. The van der Waals surface area contributed by atoms with Gasteiger partial charge in [-0.2, -0.15) is 13.2 Å². The van der Waals surface area contributed by atoms with Crippen LogP contribution in [-0.2, 0) is 6.18 Å². The van der Waals surface area contributed by atoms with Crippen molar-refractivity contribution in [3.63, 3.8) is 0 Å². The molecule has 138 valence electrons. The number of methoxy groups -OCH3 is 1. The largest absolute Gasteiger partial charge is 0.493 e. The van der Waals surface area contributed by atoms with Gasteiger partial charge in [-0.3, -0.25) is 4.99 Å². The summed E-state index contributed by atoms with van der Waals surface area (Å²) >= 11 is 0. The molecule has 0 heterocycles. The summed E-state index contributed by atoms with van der Waals surface area (Å²) in [5, 5.41) is 0. The van der Waals surface area contributed by atoms with Gasteiger partial charge in [0.1, 0.15) is 5.75 Å². The summed E-state index contributed by atoms with van der Waals surface area (Å²) in [6.45, 7) is 2.18. The molecular weight excluding hydrogens is 343 g/mol. The van der Waals surface area contributed by atoms with E-state index in [9.17, 15) is 13.2 Å². The van der Waals surface area contributed by atoms with Crippen LogP contribution in [0.25, 0.3) is 0 Å². The SMILES string of the molecule is CN=Cc1ccc(Oc2ccc(C3CC3C)cc2OC)cc1C(F)(F)F. The van der Waals surface area contributed by atoms with Crippen LogP contribution < -0.4 is 9.47 Å². The second-order valence-electron chi connectivity index (χ2n) is 6.47. The fourth-order valence-electron chi connectivity index (χ4n) is 3.01. The average Bonchev–Trinajstić information content (AvgIpc) is 3.32. The van der Waals surface area contributed by atoms with Gasteiger partial charge in [0.2, 0.25) is 0 Å². The van der Waals surface area contributed by atoms with E-state index in [2.05, 4.69) is 11.9 Å². The lowest BCUT2D eigenvalue weighted by Crippen LogP contribution is -2.09. The first kappa shape index (κ1) is 18.3. The molecule has 2 atom stereocenters. The van der Waals surface area contributed by atoms with Crippen molar-refractivity contribution in [1.82, 2.24) is 0 Å². The maximum absolute atomic E-state index is 13.3. The standard InChI is InChI=1S/C20H20F3NO2/c1-12-8-16(12)13-5-7-18(19(9-13)25-3)26-15-6-4-14(11-24-2)17(10-15)20(21,22)23/h4-7,9-12,16H,8H2,1-3H3. The molecule has 0 radical (unpaired) electrons. The average molecular weight is 363 g/mol. The number of nitrogens with zero attached hydrogens (tertiary/aromatic N) is 1. The minimum absolute atomic E-state index is 0.00242. The summed E-state index contributed by atoms with van der Waals surface area (Å²) in [7, 11) is 2.95. The maximum Gasteiger partial charge on any atom is 0.417 e. The monoisotopic (exact) mass is 363 g/mol. The van der Waals surface area contributed by atoms with Crippen LogP contribution in [0, 0.1) is 5.92 Å². The summed E-state index contributed by atoms with van der Waals surface area (Å²) in [5.74, 6) is 2.15. The second-order valence-corrected chi connectivity index (χ2v) is 6.47. The van der Waals surface area contributed by atoms with Crippen molar-refractivity contribution in [3.05, 3.63) is 53.1 Å². The van der Waals surface area contributed by atoms with Crippen molar-refractivity contribution < 1.29 is 22.6 Å². The molecular formula is C20H20F3NO2. The Morgan fingerprint density at radius 3 is 2.42 bits per heavy atom. The fraction of sp³-hybridized carbons (Fsp3) is 0.350. The maximum atomic E-state index is 13.3. The van der Waals surface area contributed by atoms with Gasteiger partial charge < -0.3 is 9.47 Å². The van der Waals surface area contributed by atoms with E-state index >= 15 is 0 Å². The molecule has 0 bridgehead atoms. The third-order valence-electron chi connectivity index (χ3n) is 4.55. The van der Waals surface area contributed by atoms with Crippen molar-refractivity contribution in [1.29, 1.82) is 0 Å². The van der Waals surface area contributed by atoms with E-state index < -0.39 is 11.7 Å². The zero-order valence-corrected chi connectivity index (χ0v) is 14.8. The predicted octanol–water partition coefficient (Wildman–Crippen LogP) is 5.68. The second kappa shape index (κ2) is 7.02. The highest BCUT2D eigenvalue weighted by atomic mass is 19.4. The molecule has 2 aromatic rings. The Bertz CT molecular complexity index is 830. The lowest BCUT2D eigenvalue weighted by molar-refractivity contribution is -0.137. The van der Waals surface area contributed by atoms with E-state index in [1.807, 2.05) is 12.1 Å². The van der Waals surface area contributed by atoms with Gasteiger partial charge in [-0.05, 0) is 54.2 Å². The third-order valence-corrected chi connectivity index (χ3v) is 4.55. The highest BCUT2D eigenvalue weighted by Crippen LogP contribution is 2.48. The van der Waals surface area contributed by atoms with Gasteiger partial charge in [0.15, 0.2) is 11.5 Å². The molecule has 2 aromatic carbocycles. The summed E-state index contributed by atoms with van der Waals surface area (Å²) in [6, 6.07) is 9.39. The summed E-state index contributed by atoms with van der Waals surface area (Å²) in [4.78, 5) is 3.67. The van der Waals surface area contributed by atoms with Crippen LogP contribution in [-0.4, -0.2) is 20.4 Å². The third kappa shape index (κ3) is 3.84. The number of rotatable bonds is 5. The van der Waals surface area contributed by atoms with E-state index in [4.69, 9.17) is 9.47 Å². The highest BCUT2D eigenvalue weighted by Gasteiger charge is 2.35. The summed E-state index contributed by atoms with van der Waals surface area (Å²) in [6.07, 6.45) is -2.18.